The predicted molar refractivity (Wildman–Crippen MR) is 53.3 cm³/mol. The highest BCUT2D eigenvalue weighted by Gasteiger charge is 2.22. The highest BCUT2D eigenvalue weighted by atomic mass is 16.5. The van der Waals surface area contributed by atoms with Gasteiger partial charge in [-0.05, 0) is 32.9 Å². The van der Waals surface area contributed by atoms with E-state index in [4.69, 9.17) is 4.52 Å². The van der Waals surface area contributed by atoms with Crippen molar-refractivity contribution >= 4 is 11.9 Å². The van der Waals surface area contributed by atoms with Gasteiger partial charge in [0.1, 0.15) is 0 Å². The molecule has 1 fully saturated rings. The first kappa shape index (κ1) is 10.1. The highest BCUT2D eigenvalue weighted by molar-refractivity contribution is 5.90. The molecule has 0 bridgehead atoms. The van der Waals surface area contributed by atoms with Crippen LogP contribution in [0.4, 0.5) is 6.01 Å². The zero-order valence-electron chi connectivity index (χ0n) is 8.62. The SMILES string of the molecule is Cc1noc(NC(=O)C2CCNCC2)n1. The maximum atomic E-state index is 11.7. The molecule has 0 saturated carbocycles. The van der Waals surface area contributed by atoms with Crippen LogP contribution in [-0.4, -0.2) is 29.1 Å². The Hall–Kier alpha value is -1.43. The lowest BCUT2D eigenvalue weighted by Gasteiger charge is -2.20. The second-order valence-corrected chi connectivity index (χ2v) is 3.66. The molecule has 1 aliphatic rings. The molecule has 0 unspecified atom stereocenters. The van der Waals surface area contributed by atoms with E-state index in [0.29, 0.717) is 5.82 Å². The average molecular weight is 210 g/mol. The minimum Gasteiger partial charge on any atom is -0.317 e. The second-order valence-electron chi connectivity index (χ2n) is 3.66. The molecule has 82 valence electrons. The molecular formula is C9H14N4O2. The van der Waals surface area contributed by atoms with Crippen LogP contribution in [0.2, 0.25) is 0 Å². The first-order valence-electron chi connectivity index (χ1n) is 5.07. The largest absolute Gasteiger partial charge is 0.328 e. The normalized spacial score (nSPS) is 17.7. The van der Waals surface area contributed by atoms with E-state index in [9.17, 15) is 4.79 Å². The van der Waals surface area contributed by atoms with Crippen LogP contribution in [0.15, 0.2) is 4.52 Å². The predicted octanol–water partition coefficient (Wildman–Crippen LogP) is 0.316. The van der Waals surface area contributed by atoms with Gasteiger partial charge in [0.2, 0.25) is 5.91 Å². The molecular weight excluding hydrogens is 196 g/mol. The number of aromatic nitrogens is 2. The van der Waals surface area contributed by atoms with Crippen LogP contribution in [0.25, 0.3) is 0 Å². The lowest BCUT2D eigenvalue weighted by Crippen LogP contribution is -2.34. The Kier molecular flexibility index (Phi) is 2.96. The van der Waals surface area contributed by atoms with Crippen molar-refractivity contribution < 1.29 is 9.32 Å². The third-order valence-corrected chi connectivity index (χ3v) is 2.47. The van der Waals surface area contributed by atoms with E-state index in [1.807, 2.05) is 0 Å². The summed E-state index contributed by atoms with van der Waals surface area (Å²) >= 11 is 0. The molecule has 0 spiro atoms. The zero-order valence-corrected chi connectivity index (χ0v) is 8.62. The summed E-state index contributed by atoms with van der Waals surface area (Å²) in [4.78, 5) is 15.6. The number of nitrogens with zero attached hydrogens (tertiary/aromatic N) is 2. The summed E-state index contributed by atoms with van der Waals surface area (Å²) in [6.45, 7) is 3.49. The zero-order chi connectivity index (χ0) is 10.7. The number of piperidine rings is 1. The maximum absolute atomic E-state index is 11.7. The van der Waals surface area contributed by atoms with Crippen LogP contribution in [-0.2, 0) is 4.79 Å². The van der Waals surface area contributed by atoms with E-state index in [1.54, 1.807) is 6.92 Å². The molecule has 0 aliphatic carbocycles. The van der Waals surface area contributed by atoms with Crippen LogP contribution < -0.4 is 10.6 Å². The van der Waals surface area contributed by atoms with Crippen molar-refractivity contribution in [3.63, 3.8) is 0 Å². The van der Waals surface area contributed by atoms with Crippen molar-refractivity contribution in [1.29, 1.82) is 0 Å². The van der Waals surface area contributed by atoms with Crippen molar-refractivity contribution in [2.45, 2.75) is 19.8 Å². The Bertz CT molecular complexity index is 344. The molecule has 6 nitrogen and oxygen atoms in total. The molecule has 0 atom stereocenters. The summed E-state index contributed by atoms with van der Waals surface area (Å²) in [5.41, 5.74) is 0. The van der Waals surface area contributed by atoms with E-state index in [2.05, 4.69) is 20.8 Å². The number of anilines is 1. The third kappa shape index (κ3) is 2.53. The summed E-state index contributed by atoms with van der Waals surface area (Å²) in [6.07, 6.45) is 1.72. The number of hydrogen-bond acceptors (Lipinski definition) is 5. The molecule has 0 aromatic carbocycles. The topological polar surface area (TPSA) is 80.0 Å². The minimum atomic E-state index is -0.0276. The number of hydrogen-bond donors (Lipinski definition) is 2. The average Bonchev–Trinajstić information content (AvgIpc) is 2.65. The lowest BCUT2D eigenvalue weighted by molar-refractivity contribution is -0.120. The van der Waals surface area contributed by atoms with Crippen LogP contribution in [0, 0.1) is 12.8 Å². The molecule has 2 heterocycles. The summed E-state index contributed by atoms with van der Waals surface area (Å²) < 4.78 is 4.82. The van der Waals surface area contributed by atoms with E-state index >= 15 is 0 Å². The molecule has 1 amide bonds. The van der Waals surface area contributed by atoms with Gasteiger partial charge in [0.25, 0.3) is 0 Å². The summed E-state index contributed by atoms with van der Waals surface area (Å²) in [7, 11) is 0. The number of aryl methyl sites for hydroxylation is 1. The van der Waals surface area contributed by atoms with Gasteiger partial charge < -0.3 is 9.84 Å². The number of rotatable bonds is 2. The first-order chi connectivity index (χ1) is 7.25. The third-order valence-electron chi connectivity index (χ3n) is 2.47. The van der Waals surface area contributed by atoms with Gasteiger partial charge in [-0.3, -0.25) is 10.1 Å². The molecule has 1 aromatic heterocycles. The molecule has 0 radical (unpaired) electrons. The number of carbonyl (C=O) groups is 1. The van der Waals surface area contributed by atoms with Gasteiger partial charge in [0, 0.05) is 5.92 Å². The Morgan fingerprint density at radius 2 is 2.27 bits per heavy atom. The lowest BCUT2D eigenvalue weighted by atomic mass is 9.97. The Balaban J connectivity index is 1.91. The fraction of sp³-hybridized carbons (Fsp3) is 0.667. The Morgan fingerprint density at radius 3 is 2.87 bits per heavy atom. The highest BCUT2D eigenvalue weighted by Crippen LogP contribution is 2.14. The quantitative estimate of drug-likeness (QED) is 0.734. The number of carbonyl (C=O) groups excluding carboxylic acids is 1. The monoisotopic (exact) mass is 210 g/mol. The summed E-state index contributed by atoms with van der Waals surface area (Å²) in [6, 6.07) is 0.191. The summed E-state index contributed by atoms with van der Waals surface area (Å²) in [5.74, 6) is 0.550. The molecule has 1 aliphatic heterocycles. The fourth-order valence-electron chi connectivity index (χ4n) is 1.64. The Morgan fingerprint density at radius 1 is 1.53 bits per heavy atom. The second kappa shape index (κ2) is 4.39. The van der Waals surface area contributed by atoms with Crippen molar-refractivity contribution in [2.24, 2.45) is 5.92 Å². The Labute approximate surface area is 87.4 Å². The van der Waals surface area contributed by atoms with Crippen molar-refractivity contribution in [1.82, 2.24) is 15.5 Å². The van der Waals surface area contributed by atoms with E-state index in [-0.39, 0.29) is 17.8 Å². The minimum absolute atomic E-state index is 0.0276. The van der Waals surface area contributed by atoms with Crippen LogP contribution in [0.5, 0.6) is 0 Å². The van der Waals surface area contributed by atoms with Crippen LogP contribution in [0.1, 0.15) is 18.7 Å². The summed E-state index contributed by atoms with van der Waals surface area (Å²) in [5, 5.41) is 9.43. The van der Waals surface area contributed by atoms with E-state index < -0.39 is 0 Å². The van der Waals surface area contributed by atoms with Gasteiger partial charge in [-0.2, -0.15) is 4.98 Å². The van der Waals surface area contributed by atoms with Crippen LogP contribution >= 0.6 is 0 Å². The van der Waals surface area contributed by atoms with Crippen molar-refractivity contribution in [2.75, 3.05) is 18.4 Å². The fourth-order valence-corrected chi connectivity index (χ4v) is 1.64. The van der Waals surface area contributed by atoms with Gasteiger partial charge in [-0.15, -0.1) is 0 Å². The van der Waals surface area contributed by atoms with Crippen molar-refractivity contribution in [3.8, 4) is 0 Å². The van der Waals surface area contributed by atoms with Gasteiger partial charge in [-0.1, -0.05) is 5.16 Å². The first-order valence-corrected chi connectivity index (χ1v) is 5.07. The molecule has 15 heavy (non-hydrogen) atoms. The molecule has 1 aromatic rings. The molecule has 1 saturated heterocycles. The molecule has 2 N–H and O–H groups in total. The van der Waals surface area contributed by atoms with Gasteiger partial charge in [0.15, 0.2) is 5.82 Å². The molecule has 2 rings (SSSR count). The number of amides is 1. The molecule has 6 heteroatoms. The van der Waals surface area contributed by atoms with Crippen molar-refractivity contribution in [3.05, 3.63) is 5.82 Å². The standard InChI is InChI=1S/C9H14N4O2/c1-6-11-9(15-13-6)12-8(14)7-2-4-10-5-3-7/h7,10H,2-5H2,1H3,(H,11,12,13,14). The van der Waals surface area contributed by atoms with E-state index in [0.717, 1.165) is 25.9 Å². The van der Waals surface area contributed by atoms with E-state index in [1.165, 1.54) is 0 Å². The van der Waals surface area contributed by atoms with Gasteiger partial charge in [-0.25, -0.2) is 0 Å². The maximum Gasteiger partial charge on any atom is 0.328 e. The van der Waals surface area contributed by atoms with Crippen LogP contribution in [0.3, 0.4) is 0 Å². The smallest absolute Gasteiger partial charge is 0.317 e. The number of nitrogens with one attached hydrogen (secondary N) is 2. The van der Waals surface area contributed by atoms with Gasteiger partial charge in [0.05, 0.1) is 0 Å². The van der Waals surface area contributed by atoms with Gasteiger partial charge >= 0.3 is 6.01 Å².